The molecule has 2 aromatic carbocycles. The lowest BCUT2D eigenvalue weighted by Crippen LogP contribution is -2.47. The van der Waals surface area contributed by atoms with Crippen molar-refractivity contribution in [2.45, 2.75) is 52.2 Å². The Labute approximate surface area is 190 Å². The predicted molar refractivity (Wildman–Crippen MR) is 125 cm³/mol. The topological polar surface area (TPSA) is 59.1 Å². The number of esters is 1. The second-order valence-corrected chi connectivity index (χ2v) is 9.61. The minimum absolute atomic E-state index is 0.124. The minimum Gasteiger partial charge on any atom is -0.460 e. The van der Waals surface area contributed by atoms with Crippen LogP contribution in [0.25, 0.3) is 0 Å². The van der Waals surface area contributed by atoms with Crippen LogP contribution in [0.3, 0.4) is 0 Å². The van der Waals surface area contributed by atoms with E-state index in [1.54, 1.807) is 4.90 Å². The average Bonchev–Trinajstić information content (AvgIpc) is 3.15. The van der Waals surface area contributed by atoms with Crippen LogP contribution in [0.1, 0.15) is 44.7 Å². The number of fused-ring (bicyclic) bond motifs is 1. The van der Waals surface area contributed by atoms with E-state index < -0.39 is 5.60 Å². The molecule has 0 saturated carbocycles. The molecular weight excluding hydrogens is 404 g/mol. The van der Waals surface area contributed by atoms with Crippen molar-refractivity contribution in [2.24, 2.45) is 5.92 Å². The summed E-state index contributed by atoms with van der Waals surface area (Å²) in [5, 5.41) is 0. The maximum atomic E-state index is 12.7. The number of ether oxygens (including phenoxy) is 2. The summed E-state index contributed by atoms with van der Waals surface area (Å²) in [5.41, 5.74) is 3.88. The van der Waals surface area contributed by atoms with Crippen molar-refractivity contribution >= 4 is 23.4 Å². The lowest BCUT2D eigenvalue weighted by molar-refractivity contribution is -0.155. The molecule has 2 aliphatic heterocycles. The van der Waals surface area contributed by atoms with Crippen LogP contribution in [0.15, 0.2) is 48.5 Å². The van der Waals surface area contributed by atoms with Crippen LogP contribution in [0.5, 0.6) is 0 Å². The number of anilines is 2. The van der Waals surface area contributed by atoms with Gasteiger partial charge in [0.15, 0.2) is 0 Å². The van der Waals surface area contributed by atoms with E-state index in [9.17, 15) is 9.59 Å². The van der Waals surface area contributed by atoms with Crippen LogP contribution in [-0.4, -0.2) is 37.3 Å². The smallest absolute Gasteiger partial charge is 0.414 e. The highest BCUT2D eigenvalue weighted by Crippen LogP contribution is 2.39. The molecular formula is C26H32N2O4. The van der Waals surface area contributed by atoms with Crippen LogP contribution in [-0.2, 0) is 27.3 Å². The minimum atomic E-state index is -0.429. The van der Waals surface area contributed by atoms with E-state index in [0.717, 1.165) is 37.2 Å². The van der Waals surface area contributed by atoms with Crippen molar-refractivity contribution in [3.63, 3.8) is 0 Å². The lowest BCUT2D eigenvalue weighted by Gasteiger charge is -2.42. The van der Waals surface area contributed by atoms with Gasteiger partial charge in [-0.3, -0.25) is 9.69 Å². The van der Waals surface area contributed by atoms with Gasteiger partial charge in [-0.15, -0.1) is 0 Å². The number of hydrogen-bond donors (Lipinski definition) is 0. The Morgan fingerprint density at radius 1 is 1.00 bits per heavy atom. The van der Waals surface area contributed by atoms with Crippen LogP contribution in [0.4, 0.5) is 16.2 Å². The Morgan fingerprint density at radius 2 is 1.72 bits per heavy atom. The van der Waals surface area contributed by atoms with E-state index in [-0.39, 0.29) is 18.7 Å². The first-order valence-electron chi connectivity index (χ1n) is 11.4. The number of hydrogen-bond acceptors (Lipinski definition) is 5. The van der Waals surface area contributed by atoms with Crippen molar-refractivity contribution in [1.29, 1.82) is 0 Å². The molecule has 0 atom stereocenters. The molecule has 0 aliphatic carbocycles. The van der Waals surface area contributed by atoms with E-state index in [2.05, 4.69) is 11.0 Å². The molecule has 32 heavy (non-hydrogen) atoms. The number of carbonyl (C=O) groups excluding carboxylic acids is 2. The highest BCUT2D eigenvalue weighted by molar-refractivity contribution is 5.92. The lowest BCUT2D eigenvalue weighted by atomic mass is 9.93. The molecule has 170 valence electrons. The summed E-state index contributed by atoms with van der Waals surface area (Å²) in [6, 6.07) is 15.9. The number of amides is 1. The van der Waals surface area contributed by atoms with Crippen LogP contribution >= 0.6 is 0 Å². The largest absolute Gasteiger partial charge is 0.460 e. The van der Waals surface area contributed by atoms with Crippen molar-refractivity contribution in [2.75, 3.05) is 29.4 Å². The maximum absolute atomic E-state index is 12.7. The molecule has 1 saturated heterocycles. The quantitative estimate of drug-likeness (QED) is 0.600. The summed E-state index contributed by atoms with van der Waals surface area (Å²) in [6.45, 7) is 8.45. The Bertz CT molecular complexity index is 962. The van der Waals surface area contributed by atoms with Gasteiger partial charge >= 0.3 is 12.1 Å². The maximum Gasteiger partial charge on any atom is 0.414 e. The van der Waals surface area contributed by atoms with Gasteiger partial charge in [-0.1, -0.05) is 36.4 Å². The first-order valence-corrected chi connectivity index (χ1v) is 11.4. The third-order valence-electron chi connectivity index (χ3n) is 5.90. The van der Waals surface area contributed by atoms with E-state index in [1.165, 1.54) is 11.3 Å². The van der Waals surface area contributed by atoms with E-state index in [1.807, 2.05) is 63.2 Å². The molecule has 1 fully saturated rings. The molecule has 6 heteroatoms. The zero-order valence-corrected chi connectivity index (χ0v) is 19.2. The molecule has 0 spiro atoms. The molecule has 0 radical (unpaired) electrons. The Kier molecular flexibility index (Phi) is 6.40. The molecule has 6 nitrogen and oxygen atoms in total. The van der Waals surface area contributed by atoms with Gasteiger partial charge in [0.2, 0.25) is 0 Å². The highest BCUT2D eigenvalue weighted by Gasteiger charge is 2.33. The summed E-state index contributed by atoms with van der Waals surface area (Å²) in [6.07, 6.45) is 1.83. The molecule has 0 unspecified atom stereocenters. The van der Waals surface area contributed by atoms with Crippen molar-refractivity contribution in [3.8, 4) is 0 Å². The summed E-state index contributed by atoms with van der Waals surface area (Å²) in [5.74, 6) is 0.368. The van der Waals surface area contributed by atoms with Gasteiger partial charge in [0.1, 0.15) is 12.2 Å². The first-order chi connectivity index (χ1) is 15.3. The average molecular weight is 437 g/mol. The van der Waals surface area contributed by atoms with Gasteiger partial charge in [-0.25, -0.2) is 4.79 Å². The third-order valence-corrected chi connectivity index (χ3v) is 5.90. The SMILES string of the molecule is CC(C)(C)OC(=O)CCC1CN(c2cccc3c2CCN3C(=O)OCc2ccccc2)C1. The molecule has 1 amide bonds. The number of carbonyl (C=O) groups is 2. The summed E-state index contributed by atoms with van der Waals surface area (Å²) < 4.78 is 11.0. The predicted octanol–water partition coefficient (Wildman–Crippen LogP) is 4.94. The standard InChI is InChI=1S/C26H32N2O4/c1-26(2,3)32-24(29)13-12-20-16-27(17-20)22-10-7-11-23-21(22)14-15-28(23)25(30)31-18-19-8-5-4-6-9-19/h4-11,20H,12-18H2,1-3H3. The number of rotatable bonds is 6. The van der Waals surface area contributed by atoms with Crippen LogP contribution in [0, 0.1) is 5.92 Å². The van der Waals surface area contributed by atoms with E-state index in [0.29, 0.717) is 18.9 Å². The molecule has 2 aromatic rings. The Morgan fingerprint density at radius 3 is 2.44 bits per heavy atom. The fraction of sp³-hybridized carbons (Fsp3) is 0.462. The molecule has 0 bridgehead atoms. The molecule has 2 heterocycles. The summed E-state index contributed by atoms with van der Waals surface area (Å²) >= 11 is 0. The highest BCUT2D eigenvalue weighted by atomic mass is 16.6. The van der Waals surface area contributed by atoms with Crippen LogP contribution in [0.2, 0.25) is 0 Å². The van der Waals surface area contributed by atoms with Gasteiger partial charge in [-0.05, 0) is 57.2 Å². The third kappa shape index (κ3) is 5.23. The Hall–Kier alpha value is -3.02. The van der Waals surface area contributed by atoms with Gasteiger partial charge < -0.3 is 14.4 Å². The molecule has 0 aromatic heterocycles. The molecule has 0 N–H and O–H groups in total. The number of nitrogens with zero attached hydrogens (tertiary/aromatic N) is 2. The number of benzene rings is 2. The zero-order chi connectivity index (χ0) is 22.7. The summed E-state index contributed by atoms with van der Waals surface area (Å²) in [4.78, 5) is 28.7. The normalized spacial score (nSPS) is 15.8. The van der Waals surface area contributed by atoms with Crippen LogP contribution < -0.4 is 9.80 Å². The summed E-state index contributed by atoms with van der Waals surface area (Å²) in [7, 11) is 0. The van der Waals surface area contributed by atoms with Gasteiger partial charge in [-0.2, -0.15) is 0 Å². The zero-order valence-electron chi connectivity index (χ0n) is 19.2. The molecule has 2 aliphatic rings. The van der Waals surface area contributed by atoms with Crippen molar-refractivity contribution in [3.05, 3.63) is 59.7 Å². The van der Waals surface area contributed by atoms with Gasteiger partial charge in [0, 0.05) is 37.3 Å². The first kappa shape index (κ1) is 22.2. The second-order valence-electron chi connectivity index (χ2n) is 9.61. The molecule has 4 rings (SSSR count). The second kappa shape index (κ2) is 9.23. The van der Waals surface area contributed by atoms with Gasteiger partial charge in [0.25, 0.3) is 0 Å². The van der Waals surface area contributed by atoms with Crippen molar-refractivity contribution in [1.82, 2.24) is 0 Å². The van der Waals surface area contributed by atoms with Crippen molar-refractivity contribution < 1.29 is 19.1 Å². The monoisotopic (exact) mass is 436 g/mol. The Balaban J connectivity index is 1.31. The van der Waals surface area contributed by atoms with E-state index in [4.69, 9.17) is 9.47 Å². The fourth-order valence-electron chi connectivity index (χ4n) is 4.36. The van der Waals surface area contributed by atoms with Gasteiger partial charge in [0.05, 0.1) is 5.69 Å². The fourth-order valence-corrected chi connectivity index (χ4v) is 4.36. The van der Waals surface area contributed by atoms with E-state index >= 15 is 0 Å².